The van der Waals surface area contributed by atoms with Gasteiger partial charge < -0.3 is 10.6 Å². The maximum absolute atomic E-state index is 4.27. The van der Waals surface area contributed by atoms with Crippen LogP contribution in [0.4, 0.5) is 0 Å². The van der Waals surface area contributed by atoms with Crippen LogP contribution in [-0.4, -0.2) is 35.4 Å². The van der Waals surface area contributed by atoms with E-state index in [0.717, 1.165) is 24.6 Å². The molecule has 0 spiro atoms. The summed E-state index contributed by atoms with van der Waals surface area (Å²) in [5.41, 5.74) is 2.37. The van der Waals surface area contributed by atoms with Crippen LogP contribution in [0, 0.1) is 5.92 Å². The molecule has 1 aromatic heterocycles. The van der Waals surface area contributed by atoms with Gasteiger partial charge in [-0.25, -0.2) is 4.68 Å². The third-order valence-electron chi connectivity index (χ3n) is 4.00. The number of aliphatic imine (C=N–C) groups is 1. The lowest BCUT2D eigenvalue weighted by atomic mass is 10.1. The van der Waals surface area contributed by atoms with Gasteiger partial charge in [-0.1, -0.05) is 26.0 Å². The summed E-state index contributed by atoms with van der Waals surface area (Å²) in [6.07, 6.45) is 4.69. The molecule has 6 heteroatoms. The topological polar surface area (TPSA) is 54.2 Å². The Balaban J connectivity index is 0.00000288. The number of nitrogens with one attached hydrogen (secondary N) is 2. The average molecular weight is 441 g/mol. The standard InChI is InChI=1S/C18H27N5.HI/c1-14(2)15(3)22-18(19-4)20-12-10-16-6-8-17(9-7-16)23-13-5-11-21-23;/h5-9,11,13-15H,10,12H2,1-4H3,(H2,19,20,22);1H. The van der Waals surface area contributed by atoms with E-state index in [1.807, 2.05) is 16.9 Å². The van der Waals surface area contributed by atoms with Crippen molar-refractivity contribution in [3.63, 3.8) is 0 Å². The van der Waals surface area contributed by atoms with E-state index in [1.165, 1.54) is 5.56 Å². The van der Waals surface area contributed by atoms with E-state index in [1.54, 1.807) is 13.2 Å². The molecule has 0 fully saturated rings. The fourth-order valence-electron chi connectivity index (χ4n) is 2.14. The monoisotopic (exact) mass is 441 g/mol. The predicted octanol–water partition coefficient (Wildman–Crippen LogP) is 3.24. The van der Waals surface area contributed by atoms with Crippen molar-refractivity contribution in [3.8, 4) is 5.69 Å². The smallest absolute Gasteiger partial charge is 0.191 e. The van der Waals surface area contributed by atoms with Crippen LogP contribution < -0.4 is 10.6 Å². The van der Waals surface area contributed by atoms with Crippen molar-refractivity contribution in [1.82, 2.24) is 20.4 Å². The van der Waals surface area contributed by atoms with Gasteiger partial charge in [-0.05, 0) is 43.0 Å². The van der Waals surface area contributed by atoms with E-state index in [4.69, 9.17) is 0 Å². The summed E-state index contributed by atoms with van der Waals surface area (Å²) < 4.78 is 1.86. The lowest BCUT2D eigenvalue weighted by Gasteiger charge is -2.20. The fourth-order valence-corrected chi connectivity index (χ4v) is 2.14. The second-order valence-electron chi connectivity index (χ2n) is 6.04. The fraction of sp³-hybridized carbons (Fsp3) is 0.444. The third kappa shape index (κ3) is 6.14. The largest absolute Gasteiger partial charge is 0.356 e. The van der Waals surface area contributed by atoms with Crippen LogP contribution in [0.5, 0.6) is 0 Å². The quantitative estimate of drug-likeness (QED) is 0.411. The van der Waals surface area contributed by atoms with E-state index in [9.17, 15) is 0 Å². The van der Waals surface area contributed by atoms with Crippen LogP contribution >= 0.6 is 24.0 Å². The van der Waals surface area contributed by atoms with Gasteiger partial charge in [0.15, 0.2) is 5.96 Å². The molecule has 2 rings (SSSR count). The van der Waals surface area contributed by atoms with Crippen molar-refractivity contribution >= 4 is 29.9 Å². The van der Waals surface area contributed by atoms with Crippen LogP contribution in [0.15, 0.2) is 47.7 Å². The second kappa shape index (κ2) is 10.3. The first kappa shape index (κ1) is 20.5. The number of aromatic nitrogens is 2. The zero-order valence-electron chi connectivity index (χ0n) is 14.9. The molecule has 0 saturated heterocycles. The van der Waals surface area contributed by atoms with Crippen LogP contribution in [0.25, 0.3) is 5.69 Å². The summed E-state index contributed by atoms with van der Waals surface area (Å²) >= 11 is 0. The third-order valence-corrected chi connectivity index (χ3v) is 4.00. The van der Waals surface area contributed by atoms with Crippen molar-refractivity contribution in [2.75, 3.05) is 13.6 Å². The molecule has 0 amide bonds. The molecule has 0 bridgehead atoms. The molecule has 0 saturated carbocycles. The van der Waals surface area contributed by atoms with E-state index in [2.05, 4.69) is 65.8 Å². The van der Waals surface area contributed by atoms with Crippen LogP contribution in [0.2, 0.25) is 0 Å². The molecule has 0 radical (unpaired) electrons. The maximum atomic E-state index is 4.27. The Kier molecular flexibility index (Phi) is 8.81. The lowest BCUT2D eigenvalue weighted by molar-refractivity contribution is 0.481. The molecule has 1 aromatic carbocycles. The molecular weight excluding hydrogens is 413 g/mol. The van der Waals surface area contributed by atoms with Crippen LogP contribution in [0.1, 0.15) is 26.3 Å². The molecule has 132 valence electrons. The highest BCUT2D eigenvalue weighted by Crippen LogP contribution is 2.08. The minimum atomic E-state index is 0. The molecular formula is C18H28IN5. The van der Waals surface area contributed by atoms with Gasteiger partial charge in [0.25, 0.3) is 0 Å². The van der Waals surface area contributed by atoms with Crippen molar-refractivity contribution < 1.29 is 0 Å². The van der Waals surface area contributed by atoms with Crippen LogP contribution in [-0.2, 0) is 6.42 Å². The van der Waals surface area contributed by atoms with E-state index in [-0.39, 0.29) is 24.0 Å². The summed E-state index contributed by atoms with van der Waals surface area (Å²) in [5.74, 6) is 1.43. The Morgan fingerprint density at radius 1 is 1.21 bits per heavy atom. The minimum absolute atomic E-state index is 0. The SMILES string of the molecule is CN=C(NCCc1ccc(-n2cccn2)cc1)NC(C)C(C)C.I. The average Bonchev–Trinajstić information content (AvgIpc) is 3.08. The summed E-state index contributed by atoms with van der Waals surface area (Å²) in [4.78, 5) is 4.27. The number of benzene rings is 1. The van der Waals surface area contributed by atoms with Crippen LogP contribution in [0.3, 0.4) is 0 Å². The first-order valence-electron chi connectivity index (χ1n) is 8.16. The van der Waals surface area contributed by atoms with Gasteiger partial charge in [-0.2, -0.15) is 5.10 Å². The molecule has 2 N–H and O–H groups in total. The Morgan fingerprint density at radius 2 is 1.92 bits per heavy atom. The number of halogens is 1. The Morgan fingerprint density at radius 3 is 2.46 bits per heavy atom. The molecule has 5 nitrogen and oxygen atoms in total. The van der Waals surface area contributed by atoms with Crippen molar-refractivity contribution in [1.29, 1.82) is 0 Å². The molecule has 0 aliphatic carbocycles. The molecule has 1 heterocycles. The number of guanidine groups is 1. The molecule has 24 heavy (non-hydrogen) atoms. The predicted molar refractivity (Wildman–Crippen MR) is 111 cm³/mol. The van der Waals surface area contributed by atoms with E-state index >= 15 is 0 Å². The van der Waals surface area contributed by atoms with Gasteiger partial charge in [0.05, 0.1) is 5.69 Å². The molecule has 2 aromatic rings. The zero-order chi connectivity index (χ0) is 16.7. The highest BCUT2D eigenvalue weighted by Gasteiger charge is 2.08. The van der Waals surface area contributed by atoms with Crippen molar-refractivity contribution in [3.05, 3.63) is 48.3 Å². The second-order valence-corrected chi connectivity index (χ2v) is 6.04. The number of hydrogen-bond acceptors (Lipinski definition) is 2. The van der Waals surface area contributed by atoms with Gasteiger partial charge in [0.2, 0.25) is 0 Å². The molecule has 1 atom stereocenters. The zero-order valence-corrected chi connectivity index (χ0v) is 17.2. The number of nitrogens with zero attached hydrogens (tertiary/aromatic N) is 3. The Hall–Kier alpha value is -1.57. The summed E-state index contributed by atoms with van der Waals surface area (Å²) in [7, 11) is 1.81. The van der Waals surface area contributed by atoms with Gasteiger partial charge in [-0.3, -0.25) is 4.99 Å². The Labute approximate surface area is 162 Å². The van der Waals surface area contributed by atoms with E-state index < -0.39 is 0 Å². The lowest BCUT2D eigenvalue weighted by Crippen LogP contribution is -2.44. The van der Waals surface area contributed by atoms with Gasteiger partial charge in [0.1, 0.15) is 0 Å². The molecule has 0 aliphatic heterocycles. The molecule has 1 unspecified atom stereocenters. The first-order chi connectivity index (χ1) is 11.1. The number of hydrogen-bond donors (Lipinski definition) is 2. The highest BCUT2D eigenvalue weighted by molar-refractivity contribution is 14.0. The van der Waals surface area contributed by atoms with Crippen molar-refractivity contribution in [2.24, 2.45) is 10.9 Å². The summed E-state index contributed by atoms with van der Waals surface area (Å²) in [5, 5.41) is 11.0. The Bertz CT molecular complexity index is 605. The van der Waals surface area contributed by atoms with Gasteiger partial charge >= 0.3 is 0 Å². The summed E-state index contributed by atoms with van der Waals surface area (Å²) in [6, 6.07) is 10.8. The first-order valence-corrected chi connectivity index (χ1v) is 8.16. The summed E-state index contributed by atoms with van der Waals surface area (Å²) in [6.45, 7) is 7.43. The highest BCUT2D eigenvalue weighted by atomic mass is 127. The normalized spacial score (nSPS) is 12.6. The van der Waals surface area contributed by atoms with Gasteiger partial charge in [0, 0.05) is 32.0 Å². The number of rotatable bonds is 6. The van der Waals surface area contributed by atoms with E-state index in [0.29, 0.717) is 12.0 Å². The van der Waals surface area contributed by atoms with Crippen molar-refractivity contribution in [2.45, 2.75) is 33.2 Å². The molecule has 0 aliphatic rings. The minimum Gasteiger partial charge on any atom is -0.356 e. The van der Waals surface area contributed by atoms with Gasteiger partial charge in [-0.15, -0.1) is 24.0 Å². The maximum Gasteiger partial charge on any atom is 0.191 e.